The molecule has 0 aromatic rings. The molecule has 58 valence electrons. The Morgan fingerprint density at radius 1 is 1.55 bits per heavy atom. The first kappa shape index (κ1) is 7.14. The fourth-order valence-electron chi connectivity index (χ4n) is 1.23. The van der Waals surface area contributed by atoms with Crippen LogP contribution < -0.4 is 0 Å². The molecular weight excluding hydrogens is 160 g/mol. The number of allylic oxidation sites excluding steroid dienone is 3. The van der Waals surface area contributed by atoms with Crippen LogP contribution in [0.1, 0.15) is 6.42 Å². The molecule has 11 heavy (non-hydrogen) atoms. The Balaban J connectivity index is 1.98. The fraction of sp³-hybridized carbons (Fsp3) is 0.333. The van der Waals surface area contributed by atoms with Crippen molar-refractivity contribution in [1.82, 2.24) is 0 Å². The highest BCUT2D eigenvalue weighted by molar-refractivity contribution is 6.25. The molecule has 1 aliphatic heterocycles. The van der Waals surface area contributed by atoms with Gasteiger partial charge in [-0.1, -0.05) is 29.8 Å². The summed E-state index contributed by atoms with van der Waals surface area (Å²) >= 11 is 5.40. The van der Waals surface area contributed by atoms with Crippen LogP contribution in [0.4, 0.5) is 0 Å². The predicted octanol–water partition coefficient (Wildman–Crippen LogP) is 2.39. The zero-order valence-electron chi connectivity index (χ0n) is 6.03. The Morgan fingerprint density at radius 2 is 2.45 bits per heavy atom. The summed E-state index contributed by atoms with van der Waals surface area (Å²) in [6.07, 6.45) is 9.93. The van der Waals surface area contributed by atoms with Crippen molar-refractivity contribution in [2.75, 3.05) is 0 Å². The van der Waals surface area contributed by atoms with Crippen molar-refractivity contribution in [1.29, 1.82) is 0 Å². The van der Waals surface area contributed by atoms with E-state index in [-0.39, 0.29) is 0 Å². The van der Waals surface area contributed by atoms with Gasteiger partial charge in [0.2, 0.25) is 0 Å². The Labute approximate surface area is 71.0 Å². The average Bonchev–Trinajstić information content (AvgIpc) is 2.78. The van der Waals surface area contributed by atoms with Gasteiger partial charge in [-0.15, -0.1) is 0 Å². The molecule has 0 radical (unpaired) electrons. The minimum atomic E-state index is 0.360. The van der Waals surface area contributed by atoms with Gasteiger partial charge in [0.15, 0.2) is 0 Å². The smallest absolute Gasteiger partial charge is 0.107 e. The zero-order valence-corrected chi connectivity index (χ0v) is 6.79. The number of ether oxygens (including phenoxy) is 1. The van der Waals surface area contributed by atoms with Gasteiger partial charge in [-0.05, 0) is 18.1 Å². The number of hydrogen-bond acceptors (Lipinski definition) is 1. The van der Waals surface area contributed by atoms with Crippen LogP contribution in [0.2, 0.25) is 0 Å². The van der Waals surface area contributed by atoms with Crippen LogP contribution in [0, 0.1) is 0 Å². The van der Waals surface area contributed by atoms with Crippen molar-refractivity contribution < 1.29 is 4.74 Å². The maximum Gasteiger partial charge on any atom is 0.107 e. The highest BCUT2D eigenvalue weighted by Crippen LogP contribution is 2.30. The third-order valence-electron chi connectivity index (χ3n) is 1.88. The summed E-state index contributed by atoms with van der Waals surface area (Å²) < 4.78 is 5.27. The largest absolute Gasteiger partial charge is 0.361 e. The van der Waals surface area contributed by atoms with E-state index in [9.17, 15) is 0 Å². The van der Waals surface area contributed by atoms with Crippen molar-refractivity contribution in [3.63, 3.8) is 0 Å². The highest BCUT2D eigenvalue weighted by Gasteiger charge is 2.36. The monoisotopic (exact) mass is 168 g/mol. The summed E-state index contributed by atoms with van der Waals surface area (Å²) in [5.74, 6) is 0. The van der Waals surface area contributed by atoms with Gasteiger partial charge in [-0.2, -0.15) is 0 Å². The molecule has 0 amide bonds. The Kier molecular flexibility index (Phi) is 1.84. The molecule has 0 bridgehead atoms. The molecule has 0 aromatic heterocycles. The van der Waals surface area contributed by atoms with E-state index in [0.717, 1.165) is 6.42 Å². The van der Waals surface area contributed by atoms with E-state index in [1.54, 1.807) is 5.54 Å². The summed E-state index contributed by atoms with van der Waals surface area (Å²) in [4.78, 5) is 0. The number of fused-ring (bicyclic) bond motifs is 1. The molecule has 0 aromatic carbocycles. The van der Waals surface area contributed by atoms with Gasteiger partial charge in [0, 0.05) is 5.54 Å². The second-order valence-electron chi connectivity index (χ2n) is 2.73. The molecule has 2 aliphatic rings. The maximum atomic E-state index is 5.40. The van der Waals surface area contributed by atoms with E-state index in [2.05, 4.69) is 18.2 Å². The SMILES string of the molecule is ClC=CCC1=CC2OC2C=C1. The molecule has 1 aliphatic carbocycles. The normalized spacial score (nSPS) is 33.7. The molecule has 1 nitrogen and oxygen atoms in total. The van der Waals surface area contributed by atoms with Gasteiger partial charge in [0.05, 0.1) is 0 Å². The standard InChI is InChI=1S/C9H9ClO/c10-5-1-2-7-3-4-8-9(6-7)11-8/h1,3-6,8-9H,2H2. The van der Waals surface area contributed by atoms with E-state index in [4.69, 9.17) is 16.3 Å². The van der Waals surface area contributed by atoms with E-state index >= 15 is 0 Å². The number of epoxide rings is 1. The molecule has 2 unspecified atom stereocenters. The topological polar surface area (TPSA) is 12.5 Å². The lowest BCUT2D eigenvalue weighted by atomic mass is 10.0. The molecule has 0 saturated carbocycles. The zero-order chi connectivity index (χ0) is 7.68. The summed E-state index contributed by atoms with van der Waals surface area (Å²) in [6, 6.07) is 0. The number of hydrogen-bond donors (Lipinski definition) is 0. The lowest BCUT2D eigenvalue weighted by molar-refractivity contribution is 0.414. The van der Waals surface area contributed by atoms with Crippen LogP contribution in [0.25, 0.3) is 0 Å². The van der Waals surface area contributed by atoms with Crippen LogP contribution in [-0.2, 0) is 4.74 Å². The first-order valence-electron chi connectivity index (χ1n) is 3.70. The third kappa shape index (κ3) is 1.55. The minimum Gasteiger partial charge on any atom is -0.361 e. The Hall–Kier alpha value is -0.530. The maximum absolute atomic E-state index is 5.40. The summed E-state index contributed by atoms with van der Waals surface area (Å²) in [7, 11) is 0. The van der Waals surface area contributed by atoms with Gasteiger partial charge in [-0.3, -0.25) is 0 Å². The number of halogens is 1. The second kappa shape index (κ2) is 2.84. The second-order valence-corrected chi connectivity index (χ2v) is 2.98. The first-order valence-corrected chi connectivity index (χ1v) is 4.13. The summed E-state index contributed by atoms with van der Waals surface area (Å²) in [6.45, 7) is 0. The van der Waals surface area contributed by atoms with E-state index in [0.29, 0.717) is 12.2 Å². The van der Waals surface area contributed by atoms with Crippen molar-refractivity contribution in [3.05, 3.63) is 35.4 Å². The van der Waals surface area contributed by atoms with Gasteiger partial charge < -0.3 is 4.74 Å². The van der Waals surface area contributed by atoms with E-state index in [1.807, 2.05) is 6.08 Å². The highest BCUT2D eigenvalue weighted by atomic mass is 35.5. The fourth-order valence-corrected chi connectivity index (χ4v) is 1.32. The molecule has 2 rings (SSSR count). The number of rotatable bonds is 2. The third-order valence-corrected chi connectivity index (χ3v) is 2.06. The molecule has 1 heterocycles. The summed E-state index contributed by atoms with van der Waals surface area (Å²) in [5.41, 5.74) is 2.84. The lowest BCUT2D eigenvalue weighted by Crippen LogP contribution is -1.93. The molecule has 0 N–H and O–H groups in total. The quantitative estimate of drug-likeness (QED) is 0.577. The molecule has 0 spiro atoms. The van der Waals surface area contributed by atoms with E-state index in [1.165, 1.54) is 5.57 Å². The lowest BCUT2D eigenvalue weighted by Gasteiger charge is -1.98. The molecule has 1 fully saturated rings. The average molecular weight is 169 g/mol. The van der Waals surface area contributed by atoms with Crippen LogP contribution >= 0.6 is 11.6 Å². The molecular formula is C9H9ClO. The van der Waals surface area contributed by atoms with Gasteiger partial charge >= 0.3 is 0 Å². The first-order chi connectivity index (χ1) is 5.40. The molecule has 2 atom stereocenters. The Morgan fingerprint density at radius 3 is 3.18 bits per heavy atom. The van der Waals surface area contributed by atoms with Crippen LogP contribution in [0.5, 0.6) is 0 Å². The minimum absolute atomic E-state index is 0.360. The van der Waals surface area contributed by atoms with Crippen molar-refractivity contribution in [2.45, 2.75) is 18.6 Å². The van der Waals surface area contributed by atoms with Crippen LogP contribution in [-0.4, -0.2) is 12.2 Å². The Bertz CT molecular complexity index is 240. The van der Waals surface area contributed by atoms with E-state index < -0.39 is 0 Å². The van der Waals surface area contributed by atoms with Crippen molar-refractivity contribution in [2.24, 2.45) is 0 Å². The van der Waals surface area contributed by atoms with Crippen LogP contribution in [0.15, 0.2) is 35.4 Å². The van der Waals surface area contributed by atoms with Gasteiger partial charge in [-0.25, -0.2) is 0 Å². The molecule has 1 saturated heterocycles. The summed E-state index contributed by atoms with van der Waals surface area (Å²) in [5, 5.41) is 0. The van der Waals surface area contributed by atoms with Gasteiger partial charge in [0.1, 0.15) is 12.2 Å². The predicted molar refractivity (Wildman–Crippen MR) is 45.5 cm³/mol. The van der Waals surface area contributed by atoms with Crippen molar-refractivity contribution in [3.8, 4) is 0 Å². The van der Waals surface area contributed by atoms with Crippen molar-refractivity contribution >= 4 is 11.6 Å². The van der Waals surface area contributed by atoms with Crippen LogP contribution in [0.3, 0.4) is 0 Å². The van der Waals surface area contributed by atoms with Gasteiger partial charge in [0.25, 0.3) is 0 Å². The molecule has 2 heteroatoms.